The van der Waals surface area contributed by atoms with Crippen molar-refractivity contribution in [2.75, 3.05) is 20.7 Å². The summed E-state index contributed by atoms with van der Waals surface area (Å²) >= 11 is 0. The van der Waals surface area contributed by atoms with Crippen LogP contribution < -0.4 is 5.32 Å². The van der Waals surface area contributed by atoms with Crippen LogP contribution in [0.3, 0.4) is 0 Å². The molecule has 0 aromatic heterocycles. The van der Waals surface area contributed by atoms with Crippen molar-refractivity contribution in [2.24, 2.45) is 0 Å². The van der Waals surface area contributed by atoms with Crippen molar-refractivity contribution < 1.29 is 25.2 Å². The van der Waals surface area contributed by atoms with Gasteiger partial charge in [0.15, 0.2) is 0 Å². The third-order valence-corrected chi connectivity index (χ3v) is 3.21. The highest BCUT2D eigenvalue weighted by Gasteiger charge is 2.27. The highest BCUT2D eigenvalue weighted by molar-refractivity contribution is 5.88. The highest BCUT2D eigenvalue weighted by atomic mass is 16.6. The van der Waals surface area contributed by atoms with Crippen LogP contribution in [-0.2, 0) is 25.5 Å². The van der Waals surface area contributed by atoms with Gasteiger partial charge in [-0.15, -0.1) is 0 Å². The van der Waals surface area contributed by atoms with Gasteiger partial charge in [-0.1, -0.05) is 30.3 Å². The minimum absolute atomic E-state index is 0.111. The normalized spacial score (nSPS) is 12.6. The van der Waals surface area contributed by atoms with Crippen LogP contribution in [0.4, 0.5) is 4.79 Å². The molecule has 0 bridgehead atoms. The third kappa shape index (κ3) is 7.69. The first-order chi connectivity index (χ1) is 12.2. The second-order valence-electron chi connectivity index (χ2n) is 6.31. The van der Waals surface area contributed by atoms with Crippen molar-refractivity contribution in [1.29, 1.82) is 0 Å². The Morgan fingerprint density at radius 2 is 1.92 bits per heavy atom. The van der Waals surface area contributed by atoms with Crippen LogP contribution in [0.5, 0.6) is 0 Å². The van der Waals surface area contributed by atoms with E-state index < -0.39 is 29.6 Å². The summed E-state index contributed by atoms with van der Waals surface area (Å²) in [4.78, 5) is 37.4. The van der Waals surface area contributed by atoms with E-state index in [4.69, 9.17) is 6.11 Å². The van der Waals surface area contributed by atoms with E-state index >= 15 is 0 Å². The number of nitrogens with one attached hydrogen (secondary N) is 1. The number of hydrogen-bond donors (Lipinski definition) is 1. The van der Waals surface area contributed by atoms with E-state index in [1.807, 2.05) is 30.3 Å². The van der Waals surface area contributed by atoms with Gasteiger partial charge in [0.1, 0.15) is 18.2 Å². The van der Waals surface area contributed by atoms with Crippen LogP contribution in [0.25, 0.3) is 0 Å². The maximum Gasteiger partial charge on any atom is 0.408 e. The van der Waals surface area contributed by atoms with Crippen LogP contribution in [-0.4, -0.2) is 55.2 Å². The van der Waals surface area contributed by atoms with Crippen LogP contribution in [0.2, 0.25) is 0 Å². The first-order valence-corrected chi connectivity index (χ1v) is 7.83. The van der Waals surface area contributed by atoms with Gasteiger partial charge < -0.3 is 19.7 Å². The number of carbonyl (C=O) groups excluding carboxylic acids is 3. The second kappa shape index (κ2) is 9.05. The number of carbonyl (C=O) groups is 3. The smallest absolute Gasteiger partial charge is 0.408 e. The molecule has 0 radical (unpaired) electrons. The molecule has 0 aliphatic carbocycles. The number of esters is 1. The predicted molar refractivity (Wildman–Crippen MR) is 93.0 cm³/mol. The standard InChI is InChI=1S/C18H26N2O5/c1-18(2,3)25-17(23)19-14(11-13-9-7-6-8-10-13)16(22)20(4)12-15(21)24-5/h6-10,14H,11-12H2,1-5H3,(H,19,23)/t14-/m0/s1/i1D. The van der Waals surface area contributed by atoms with Gasteiger partial charge in [-0.05, 0) is 26.3 Å². The number of benzene rings is 1. The van der Waals surface area contributed by atoms with E-state index in [-0.39, 0.29) is 19.9 Å². The van der Waals surface area contributed by atoms with Gasteiger partial charge in [0.05, 0.1) is 7.11 Å². The molecule has 0 fully saturated rings. The molecule has 7 heteroatoms. The molecular formula is C18H26N2O5. The molecule has 1 atom stereocenters. The molecule has 25 heavy (non-hydrogen) atoms. The van der Waals surface area contributed by atoms with Crippen molar-refractivity contribution >= 4 is 18.0 Å². The summed E-state index contributed by atoms with van der Waals surface area (Å²) in [6, 6.07) is 8.26. The fourth-order valence-corrected chi connectivity index (χ4v) is 2.07. The number of rotatable bonds is 6. The Morgan fingerprint density at radius 3 is 2.48 bits per heavy atom. The minimum atomic E-state index is -0.970. The zero-order chi connectivity index (χ0) is 19.7. The minimum Gasteiger partial charge on any atom is -0.468 e. The zero-order valence-electron chi connectivity index (χ0n) is 16.1. The van der Waals surface area contributed by atoms with Crippen LogP contribution in [0, 0.1) is 0 Å². The largest absolute Gasteiger partial charge is 0.468 e. The monoisotopic (exact) mass is 351 g/mol. The van der Waals surface area contributed by atoms with Crippen molar-refractivity contribution in [3.8, 4) is 0 Å². The summed E-state index contributed by atoms with van der Waals surface area (Å²) < 4.78 is 17.1. The van der Waals surface area contributed by atoms with Gasteiger partial charge in [-0.2, -0.15) is 0 Å². The number of hydrogen-bond acceptors (Lipinski definition) is 5. The molecule has 0 saturated carbocycles. The van der Waals surface area contributed by atoms with Crippen molar-refractivity contribution in [3.05, 3.63) is 35.9 Å². The van der Waals surface area contributed by atoms with Crippen LogP contribution in [0.1, 0.15) is 27.7 Å². The maximum absolute atomic E-state index is 12.7. The molecule has 0 aliphatic heterocycles. The fourth-order valence-electron chi connectivity index (χ4n) is 2.07. The van der Waals surface area contributed by atoms with Gasteiger partial charge in [-0.25, -0.2) is 4.79 Å². The van der Waals surface area contributed by atoms with E-state index in [0.29, 0.717) is 0 Å². The summed E-state index contributed by atoms with van der Waals surface area (Å²) in [5.41, 5.74) is -0.125. The molecule has 0 heterocycles. The second-order valence-corrected chi connectivity index (χ2v) is 6.31. The first-order valence-electron chi connectivity index (χ1n) is 8.53. The van der Waals surface area contributed by atoms with Crippen molar-refractivity contribution in [3.63, 3.8) is 0 Å². The number of amides is 2. The molecule has 1 aromatic carbocycles. The Morgan fingerprint density at radius 1 is 1.28 bits per heavy atom. The van der Waals surface area contributed by atoms with Crippen molar-refractivity contribution in [2.45, 2.75) is 38.8 Å². The Bertz CT molecular complexity index is 621. The van der Waals surface area contributed by atoms with Gasteiger partial charge in [0.2, 0.25) is 5.91 Å². The number of nitrogens with zero attached hydrogens (tertiary/aromatic N) is 1. The van der Waals surface area contributed by atoms with Gasteiger partial charge >= 0.3 is 12.1 Å². The first kappa shape index (κ1) is 18.8. The lowest BCUT2D eigenvalue weighted by atomic mass is 10.0. The molecule has 7 nitrogen and oxygen atoms in total. The number of alkyl carbamates (subject to hydrolysis) is 1. The third-order valence-electron chi connectivity index (χ3n) is 3.21. The lowest BCUT2D eigenvalue weighted by Crippen LogP contribution is -2.50. The van der Waals surface area contributed by atoms with Gasteiger partial charge in [-0.3, -0.25) is 9.59 Å². The Labute approximate surface area is 149 Å². The fraction of sp³-hybridized carbons (Fsp3) is 0.500. The predicted octanol–water partition coefficient (Wildman–Crippen LogP) is 1.75. The maximum atomic E-state index is 12.7. The van der Waals surface area contributed by atoms with E-state index in [0.717, 1.165) is 5.56 Å². The van der Waals surface area contributed by atoms with Crippen LogP contribution in [0.15, 0.2) is 30.3 Å². The zero-order valence-corrected chi connectivity index (χ0v) is 15.1. The summed E-state index contributed by atoms with van der Waals surface area (Å²) in [5.74, 6) is -1.00. The Kier molecular flexibility index (Phi) is 6.80. The lowest BCUT2D eigenvalue weighted by molar-refractivity contribution is -0.146. The van der Waals surface area contributed by atoms with E-state index in [1.165, 1.54) is 19.1 Å². The average molecular weight is 351 g/mol. The highest BCUT2D eigenvalue weighted by Crippen LogP contribution is 2.10. The Hall–Kier alpha value is -2.57. The molecule has 0 spiro atoms. The Balaban J connectivity index is 2.89. The summed E-state index contributed by atoms with van der Waals surface area (Å²) in [6.45, 7) is 2.88. The molecule has 0 aliphatic rings. The molecule has 1 rings (SSSR count). The molecule has 0 unspecified atom stereocenters. The summed E-state index contributed by atoms with van der Waals surface area (Å²) in [7, 11) is 2.69. The molecule has 2 amide bonds. The van der Waals surface area contributed by atoms with Gasteiger partial charge in [0.25, 0.3) is 0 Å². The molecular weight excluding hydrogens is 324 g/mol. The average Bonchev–Trinajstić information content (AvgIpc) is 2.60. The summed E-state index contributed by atoms with van der Waals surface area (Å²) in [5, 5.41) is 2.54. The topological polar surface area (TPSA) is 84.9 Å². The SMILES string of the molecule is [2H]CC(C)(C)OC(=O)N[C@@H](Cc1ccccc1)C(=O)N(C)CC(=O)OC. The molecule has 1 N–H and O–H groups in total. The number of methoxy groups -OCH3 is 1. The van der Waals surface area contributed by atoms with E-state index in [2.05, 4.69) is 10.1 Å². The summed E-state index contributed by atoms with van der Waals surface area (Å²) in [6.07, 6.45) is -0.551. The van der Waals surface area contributed by atoms with Crippen LogP contribution >= 0.6 is 0 Å². The molecule has 0 saturated heterocycles. The quantitative estimate of drug-likeness (QED) is 0.789. The molecule has 138 valence electrons. The van der Waals surface area contributed by atoms with Gasteiger partial charge in [0, 0.05) is 14.8 Å². The van der Waals surface area contributed by atoms with E-state index in [1.54, 1.807) is 13.8 Å². The van der Waals surface area contributed by atoms with Crippen molar-refractivity contribution in [1.82, 2.24) is 10.2 Å². The van der Waals surface area contributed by atoms with E-state index in [9.17, 15) is 14.4 Å². The molecule has 1 aromatic rings. The lowest BCUT2D eigenvalue weighted by Gasteiger charge is -2.26. The number of ether oxygens (including phenoxy) is 2. The number of likely N-dealkylation sites (N-methyl/N-ethyl adjacent to an activating group) is 1.